The predicted molar refractivity (Wildman–Crippen MR) is 132 cm³/mol. The number of aliphatic hydroxyl groups is 1. The van der Waals surface area contributed by atoms with Gasteiger partial charge in [-0.25, -0.2) is 0 Å². The van der Waals surface area contributed by atoms with Crippen LogP contribution in [0.4, 0.5) is 0 Å². The van der Waals surface area contributed by atoms with Crippen molar-refractivity contribution in [3.05, 3.63) is 35.9 Å². The molecule has 188 valence electrons. The van der Waals surface area contributed by atoms with Crippen molar-refractivity contribution in [2.75, 3.05) is 6.61 Å². The molecule has 0 heterocycles. The number of rotatable bonds is 11. The first-order valence-electron chi connectivity index (χ1n) is 12.4. The van der Waals surface area contributed by atoms with Gasteiger partial charge in [-0.2, -0.15) is 0 Å². The average molecular weight is 472 g/mol. The summed E-state index contributed by atoms with van der Waals surface area (Å²) >= 11 is 0. The third kappa shape index (κ3) is 5.05. The topological polar surface area (TPSA) is 122 Å². The standard InChI is InChI=1S/C27H41N3O4/c1-16(2)19-13-26(19,28)24(34)29-21(12-18-10-8-7-9-11-18)22(32)30-27(14-20(27)17(3)4)23(33)25(5,6)15-31/h7-11,16-17,19-21,31H,12-15,28H2,1-6H3,(H,29,34)(H,30,32)/t19-,20-,21-,26?,27+/m0/s1. The van der Waals surface area contributed by atoms with E-state index in [4.69, 9.17) is 5.73 Å². The van der Waals surface area contributed by atoms with E-state index < -0.39 is 28.4 Å². The second kappa shape index (κ2) is 9.42. The van der Waals surface area contributed by atoms with Crippen LogP contribution in [0.2, 0.25) is 0 Å². The normalized spacial score (nSPS) is 29.0. The van der Waals surface area contributed by atoms with E-state index in [0.717, 1.165) is 5.56 Å². The maximum Gasteiger partial charge on any atom is 0.243 e. The molecule has 7 nitrogen and oxygen atoms in total. The van der Waals surface area contributed by atoms with Gasteiger partial charge in [0.1, 0.15) is 11.6 Å². The molecule has 5 N–H and O–H groups in total. The van der Waals surface area contributed by atoms with Crippen molar-refractivity contribution >= 4 is 17.6 Å². The van der Waals surface area contributed by atoms with Gasteiger partial charge in [0.2, 0.25) is 11.8 Å². The second-order valence-corrected chi connectivity index (χ2v) is 11.7. The Morgan fingerprint density at radius 1 is 1.06 bits per heavy atom. The lowest BCUT2D eigenvalue weighted by Crippen LogP contribution is -2.59. The van der Waals surface area contributed by atoms with Gasteiger partial charge in [-0.15, -0.1) is 0 Å². The zero-order valence-corrected chi connectivity index (χ0v) is 21.4. The highest BCUT2D eigenvalue weighted by Gasteiger charge is 2.64. The summed E-state index contributed by atoms with van der Waals surface area (Å²) in [6.45, 7) is 11.2. The molecular formula is C27H41N3O4. The first-order valence-corrected chi connectivity index (χ1v) is 12.4. The van der Waals surface area contributed by atoms with Crippen LogP contribution in [0.5, 0.6) is 0 Å². The fourth-order valence-electron chi connectivity index (χ4n) is 5.29. The third-order valence-electron chi connectivity index (χ3n) is 7.77. The number of hydrogen-bond acceptors (Lipinski definition) is 5. The summed E-state index contributed by atoms with van der Waals surface area (Å²) in [5.74, 6) is -0.361. The molecule has 1 aromatic rings. The van der Waals surface area contributed by atoms with Gasteiger partial charge >= 0.3 is 0 Å². The molecule has 2 aliphatic carbocycles. The molecule has 2 aliphatic rings. The molecule has 2 saturated carbocycles. The van der Waals surface area contributed by atoms with Crippen molar-refractivity contribution in [2.24, 2.45) is 34.8 Å². The fourth-order valence-corrected chi connectivity index (χ4v) is 5.29. The zero-order chi connectivity index (χ0) is 25.5. The quantitative estimate of drug-likeness (QED) is 0.394. The van der Waals surface area contributed by atoms with Crippen LogP contribution in [0, 0.1) is 29.1 Å². The van der Waals surface area contributed by atoms with Crippen LogP contribution in [0.25, 0.3) is 0 Å². The number of amides is 2. The lowest BCUT2D eigenvalue weighted by atomic mass is 9.81. The van der Waals surface area contributed by atoms with Crippen molar-refractivity contribution < 1.29 is 19.5 Å². The number of benzene rings is 1. The van der Waals surface area contributed by atoms with Gasteiger partial charge in [0, 0.05) is 11.8 Å². The zero-order valence-electron chi connectivity index (χ0n) is 21.4. The van der Waals surface area contributed by atoms with Crippen LogP contribution < -0.4 is 16.4 Å². The highest BCUT2D eigenvalue weighted by molar-refractivity contribution is 6.01. The Bertz CT molecular complexity index is 929. The lowest BCUT2D eigenvalue weighted by Gasteiger charge is -2.31. The molecule has 0 radical (unpaired) electrons. The number of ketones is 1. The van der Waals surface area contributed by atoms with Crippen molar-refractivity contribution in [2.45, 2.75) is 77.9 Å². The molecular weight excluding hydrogens is 430 g/mol. The van der Waals surface area contributed by atoms with Crippen LogP contribution in [0.3, 0.4) is 0 Å². The maximum atomic E-state index is 13.6. The molecule has 0 spiro atoms. The SMILES string of the molecule is CC(C)[C@@H]1CC1(N)C(=O)N[C@@H](Cc1ccccc1)C(=O)N[C@]1(C(=O)C(C)(C)CO)C[C@H]1C(C)C. The first kappa shape index (κ1) is 26.4. The molecule has 7 heteroatoms. The molecule has 0 bridgehead atoms. The Kier molecular flexibility index (Phi) is 7.30. The number of carbonyl (C=O) groups is 3. The summed E-state index contributed by atoms with van der Waals surface area (Å²) in [7, 11) is 0. The van der Waals surface area contributed by atoms with E-state index >= 15 is 0 Å². The van der Waals surface area contributed by atoms with E-state index in [1.54, 1.807) is 13.8 Å². The Morgan fingerprint density at radius 3 is 2.12 bits per heavy atom. The third-order valence-corrected chi connectivity index (χ3v) is 7.77. The van der Waals surface area contributed by atoms with Crippen molar-refractivity contribution in [1.82, 2.24) is 10.6 Å². The van der Waals surface area contributed by atoms with Gasteiger partial charge in [-0.1, -0.05) is 71.9 Å². The van der Waals surface area contributed by atoms with Crippen LogP contribution in [0.15, 0.2) is 30.3 Å². The highest BCUT2D eigenvalue weighted by atomic mass is 16.3. The smallest absolute Gasteiger partial charge is 0.243 e. The van der Waals surface area contributed by atoms with Crippen LogP contribution in [-0.4, -0.2) is 46.4 Å². The van der Waals surface area contributed by atoms with Gasteiger partial charge < -0.3 is 21.5 Å². The number of aliphatic hydroxyl groups excluding tert-OH is 1. The Hall–Kier alpha value is -2.25. The van der Waals surface area contributed by atoms with Crippen LogP contribution >= 0.6 is 0 Å². The molecule has 0 aliphatic heterocycles. The number of carbonyl (C=O) groups excluding carboxylic acids is 3. The Morgan fingerprint density at radius 2 is 1.65 bits per heavy atom. The minimum atomic E-state index is -1.03. The minimum absolute atomic E-state index is 0.0162. The summed E-state index contributed by atoms with van der Waals surface area (Å²) in [4.78, 5) is 40.2. The second-order valence-electron chi connectivity index (χ2n) is 11.7. The summed E-state index contributed by atoms with van der Waals surface area (Å²) in [6.07, 6.45) is 1.42. The molecule has 3 rings (SSSR count). The molecule has 1 aromatic carbocycles. The van der Waals surface area contributed by atoms with Gasteiger partial charge in [0.15, 0.2) is 5.78 Å². The largest absolute Gasteiger partial charge is 0.395 e. The van der Waals surface area contributed by atoms with Crippen LogP contribution in [0.1, 0.15) is 59.9 Å². The van der Waals surface area contributed by atoms with Gasteiger partial charge in [0.05, 0.1) is 12.1 Å². The molecule has 5 atom stereocenters. The van der Waals surface area contributed by atoms with E-state index in [-0.39, 0.29) is 42.0 Å². The van der Waals surface area contributed by atoms with Gasteiger partial charge in [-0.3, -0.25) is 14.4 Å². The van der Waals surface area contributed by atoms with E-state index in [0.29, 0.717) is 19.3 Å². The van der Waals surface area contributed by atoms with Gasteiger partial charge in [0.25, 0.3) is 0 Å². The molecule has 34 heavy (non-hydrogen) atoms. The van der Waals surface area contributed by atoms with Gasteiger partial charge in [-0.05, 0) is 42.1 Å². The number of nitrogens with one attached hydrogen (secondary N) is 2. The average Bonchev–Trinajstić information content (AvgIpc) is 3.68. The van der Waals surface area contributed by atoms with E-state index in [1.807, 2.05) is 58.0 Å². The molecule has 2 amide bonds. The molecule has 0 saturated heterocycles. The molecule has 0 aromatic heterocycles. The Balaban J connectivity index is 1.84. The molecule has 1 unspecified atom stereocenters. The van der Waals surface area contributed by atoms with Crippen molar-refractivity contribution in [3.8, 4) is 0 Å². The summed E-state index contributed by atoms with van der Waals surface area (Å²) in [5.41, 5.74) is 4.31. The first-order chi connectivity index (χ1) is 15.8. The number of hydrogen-bond donors (Lipinski definition) is 4. The monoisotopic (exact) mass is 471 g/mol. The van der Waals surface area contributed by atoms with Crippen LogP contribution in [-0.2, 0) is 20.8 Å². The number of nitrogens with two attached hydrogens (primary N) is 1. The predicted octanol–water partition coefficient (Wildman–Crippen LogP) is 2.21. The highest BCUT2D eigenvalue weighted by Crippen LogP contribution is 2.52. The summed E-state index contributed by atoms with van der Waals surface area (Å²) in [6, 6.07) is 8.61. The Labute approximate surface area is 203 Å². The summed E-state index contributed by atoms with van der Waals surface area (Å²) < 4.78 is 0. The molecule has 2 fully saturated rings. The maximum absolute atomic E-state index is 13.6. The van der Waals surface area contributed by atoms with E-state index in [1.165, 1.54) is 0 Å². The van der Waals surface area contributed by atoms with Crippen molar-refractivity contribution in [1.29, 1.82) is 0 Å². The van der Waals surface area contributed by atoms with E-state index in [2.05, 4.69) is 10.6 Å². The minimum Gasteiger partial charge on any atom is -0.395 e. The van der Waals surface area contributed by atoms with E-state index in [9.17, 15) is 19.5 Å². The number of Topliss-reactive ketones (excluding diaryl/α,β-unsaturated/α-hetero) is 1. The lowest BCUT2D eigenvalue weighted by molar-refractivity contribution is -0.137. The van der Waals surface area contributed by atoms with Crippen molar-refractivity contribution in [3.63, 3.8) is 0 Å². The fraction of sp³-hybridized carbons (Fsp3) is 0.667. The summed E-state index contributed by atoms with van der Waals surface area (Å²) in [5, 5.41) is 15.7.